The Balaban J connectivity index is 2.18. The molecule has 128 valence electrons. The van der Waals surface area contributed by atoms with Gasteiger partial charge in [-0.25, -0.2) is 22.0 Å². The molecule has 0 fully saturated rings. The first-order valence-corrected chi connectivity index (χ1v) is 7.49. The summed E-state index contributed by atoms with van der Waals surface area (Å²) in [4.78, 5) is 0. The average Bonchev–Trinajstić information content (AvgIpc) is 2.51. The minimum atomic E-state index is -1.10. The van der Waals surface area contributed by atoms with Crippen LogP contribution in [0.2, 0.25) is 0 Å². The Morgan fingerprint density at radius 3 is 1.76 bits per heavy atom. The molecule has 0 spiro atoms. The number of aryl methyl sites for hydroxylation is 2. The monoisotopic (exact) mass is 348 g/mol. The molecule has 0 aliphatic rings. The fraction of sp³-hybridized carbons (Fsp3) is 0.100. The predicted molar refractivity (Wildman–Crippen MR) is 86.6 cm³/mol. The van der Waals surface area contributed by atoms with Crippen LogP contribution in [0.1, 0.15) is 11.1 Å². The van der Waals surface area contributed by atoms with Gasteiger partial charge in [-0.15, -0.1) is 0 Å². The van der Waals surface area contributed by atoms with E-state index >= 15 is 0 Å². The molecular formula is C20H13F5. The van der Waals surface area contributed by atoms with Crippen molar-refractivity contribution in [3.8, 4) is 22.3 Å². The molecular weight excluding hydrogens is 335 g/mol. The van der Waals surface area contributed by atoms with Gasteiger partial charge in [0, 0.05) is 11.1 Å². The SMILES string of the molecule is Cc1ccc(-c2cc(F)c(-c3cc(F)c(C)cc3F)c(F)c2)c(F)c1. The van der Waals surface area contributed by atoms with Crippen LogP contribution in [0.5, 0.6) is 0 Å². The van der Waals surface area contributed by atoms with Crippen LogP contribution in [0.15, 0.2) is 42.5 Å². The second-order valence-corrected chi connectivity index (χ2v) is 5.88. The summed E-state index contributed by atoms with van der Waals surface area (Å²) < 4.78 is 70.7. The Kier molecular flexibility index (Phi) is 4.33. The second kappa shape index (κ2) is 6.31. The summed E-state index contributed by atoms with van der Waals surface area (Å²) in [5.74, 6) is -4.54. The molecule has 0 amide bonds. The fourth-order valence-electron chi connectivity index (χ4n) is 2.68. The molecule has 0 radical (unpaired) electrons. The van der Waals surface area contributed by atoms with E-state index in [1.54, 1.807) is 13.0 Å². The molecule has 0 aliphatic heterocycles. The first-order chi connectivity index (χ1) is 11.8. The van der Waals surface area contributed by atoms with Gasteiger partial charge >= 0.3 is 0 Å². The third-order valence-electron chi connectivity index (χ3n) is 4.00. The van der Waals surface area contributed by atoms with Gasteiger partial charge in [0.2, 0.25) is 0 Å². The van der Waals surface area contributed by atoms with Crippen LogP contribution in [0.3, 0.4) is 0 Å². The largest absolute Gasteiger partial charge is 0.207 e. The average molecular weight is 348 g/mol. The third kappa shape index (κ3) is 3.14. The first kappa shape index (κ1) is 17.1. The van der Waals surface area contributed by atoms with Crippen LogP contribution in [0, 0.1) is 42.9 Å². The summed E-state index contributed by atoms with van der Waals surface area (Å²) in [6.07, 6.45) is 0. The Hall–Kier alpha value is -2.69. The lowest BCUT2D eigenvalue weighted by atomic mass is 9.97. The molecule has 0 aromatic heterocycles. The van der Waals surface area contributed by atoms with Crippen molar-refractivity contribution in [1.29, 1.82) is 0 Å². The molecule has 0 saturated carbocycles. The van der Waals surface area contributed by atoms with Gasteiger partial charge in [0.25, 0.3) is 0 Å². The molecule has 0 heterocycles. The molecule has 0 atom stereocenters. The van der Waals surface area contributed by atoms with E-state index in [1.165, 1.54) is 19.1 Å². The third-order valence-corrected chi connectivity index (χ3v) is 4.00. The van der Waals surface area contributed by atoms with E-state index in [9.17, 15) is 22.0 Å². The highest BCUT2D eigenvalue weighted by atomic mass is 19.1. The molecule has 5 heteroatoms. The highest BCUT2D eigenvalue weighted by Gasteiger charge is 2.20. The predicted octanol–water partition coefficient (Wildman–Crippen LogP) is 6.33. The van der Waals surface area contributed by atoms with Crippen molar-refractivity contribution in [2.75, 3.05) is 0 Å². The smallest absolute Gasteiger partial charge is 0.134 e. The van der Waals surface area contributed by atoms with E-state index in [4.69, 9.17) is 0 Å². The Morgan fingerprint density at radius 1 is 0.560 bits per heavy atom. The summed E-state index contributed by atoms with van der Waals surface area (Å²) in [6.45, 7) is 3.03. The molecule has 3 rings (SSSR count). The second-order valence-electron chi connectivity index (χ2n) is 5.88. The summed E-state index contributed by atoms with van der Waals surface area (Å²) in [5, 5.41) is 0. The van der Waals surface area contributed by atoms with Crippen molar-refractivity contribution in [3.05, 3.63) is 82.7 Å². The lowest BCUT2D eigenvalue weighted by molar-refractivity contribution is 0.574. The van der Waals surface area contributed by atoms with Crippen LogP contribution in [0.25, 0.3) is 22.3 Å². The minimum Gasteiger partial charge on any atom is -0.207 e. The summed E-state index contributed by atoms with van der Waals surface area (Å²) >= 11 is 0. The molecule has 3 aromatic rings. The van der Waals surface area contributed by atoms with Gasteiger partial charge in [-0.2, -0.15) is 0 Å². The van der Waals surface area contributed by atoms with Crippen LogP contribution < -0.4 is 0 Å². The van der Waals surface area contributed by atoms with Gasteiger partial charge in [0.15, 0.2) is 0 Å². The van der Waals surface area contributed by atoms with Gasteiger partial charge in [-0.05, 0) is 60.9 Å². The van der Waals surface area contributed by atoms with Crippen molar-refractivity contribution in [2.45, 2.75) is 13.8 Å². The molecule has 25 heavy (non-hydrogen) atoms. The number of halogens is 5. The standard InChI is InChI=1S/C20H13F5/c1-10-3-4-13(16(22)5-10)12-7-18(24)20(19(25)8-12)14-9-15(21)11(2)6-17(14)23/h3-9H,1-2H3. The molecule has 0 saturated heterocycles. The zero-order valence-electron chi connectivity index (χ0n) is 13.4. The Bertz CT molecular complexity index is 953. The molecule has 0 unspecified atom stereocenters. The summed E-state index contributed by atoms with van der Waals surface area (Å²) in [7, 11) is 0. The maximum absolute atomic E-state index is 14.5. The van der Waals surface area contributed by atoms with Crippen LogP contribution in [-0.2, 0) is 0 Å². The van der Waals surface area contributed by atoms with Crippen LogP contribution in [0.4, 0.5) is 22.0 Å². The molecule has 3 aromatic carbocycles. The summed E-state index contributed by atoms with van der Waals surface area (Å²) in [5.41, 5.74) is -0.520. The van der Waals surface area contributed by atoms with Crippen LogP contribution >= 0.6 is 0 Å². The zero-order chi connectivity index (χ0) is 18.3. The maximum atomic E-state index is 14.5. The van der Waals surface area contributed by atoms with E-state index in [2.05, 4.69) is 0 Å². The fourth-order valence-corrected chi connectivity index (χ4v) is 2.68. The molecule has 0 N–H and O–H groups in total. The van der Waals surface area contributed by atoms with Crippen LogP contribution in [-0.4, -0.2) is 0 Å². The van der Waals surface area contributed by atoms with Crippen molar-refractivity contribution < 1.29 is 22.0 Å². The van der Waals surface area contributed by atoms with Gasteiger partial charge < -0.3 is 0 Å². The Labute approximate surface area is 141 Å². The number of rotatable bonds is 2. The van der Waals surface area contributed by atoms with E-state index in [0.29, 0.717) is 5.56 Å². The maximum Gasteiger partial charge on any atom is 0.134 e. The van der Waals surface area contributed by atoms with Gasteiger partial charge in [-0.1, -0.05) is 12.1 Å². The molecule has 0 aliphatic carbocycles. The van der Waals surface area contributed by atoms with Gasteiger partial charge in [-0.3, -0.25) is 0 Å². The highest BCUT2D eigenvalue weighted by molar-refractivity contribution is 5.72. The van der Waals surface area contributed by atoms with Gasteiger partial charge in [0.1, 0.15) is 29.1 Å². The lowest BCUT2D eigenvalue weighted by Crippen LogP contribution is -1.98. The number of hydrogen-bond donors (Lipinski definition) is 0. The van der Waals surface area contributed by atoms with Crippen molar-refractivity contribution in [3.63, 3.8) is 0 Å². The first-order valence-electron chi connectivity index (χ1n) is 7.49. The molecule has 0 nitrogen and oxygen atoms in total. The van der Waals surface area contributed by atoms with E-state index in [-0.39, 0.29) is 16.7 Å². The quantitative estimate of drug-likeness (QED) is 0.475. The van der Waals surface area contributed by atoms with E-state index < -0.39 is 40.2 Å². The summed E-state index contributed by atoms with van der Waals surface area (Å²) in [6, 6.07) is 7.69. The van der Waals surface area contributed by atoms with E-state index in [0.717, 1.165) is 24.3 Å². The Morgan fingerprint density at radius 2 is 1.16 bits per heavy atom. The van der Waals surface area contributed by atoms with Gasteiger partial charge in [0.05, 0.1) is 5.56 Å². The van der Waals surface area contributed by atoms with Crippen molar-refractivity contribution in [2.24, 2.45) is 0 Å². The molecule has 0 bridgehead atoms. The van der Waals surface area contributed by atoms with Crippen molar-refractivity contribution in [1.82, 2.24) is 0 Å². The zero-order valence-corrected chi connectivity index (χ0v) is 13.4. The highest BCUT2D eigenvalue weighted by Crippen LogP contribution is 2.34. The number of benzene rings is 3. The van der Waals surface area contributed by atoms with E-state index in [1.807, 2.05) is 0 Å². The normalized spacial score (nSPS) is 11.0. The minimum absolute atomic E-state index is 0.0190. The lowest BCUT2D eigenvalue weighted by Gasteiger charge is -2.11. The topological polar surface area (TPSA) is 0 Å². The van der Waals surface area contributed by atoms with Crippen molar-refractivity contribution >= 4 is 0 Å². The number of hydrogen-bond acceptors (Lipinski definition) is 0.